The molecule has 3 atom stereocenters. The van der Waals surface area contributed by atoms with Crippen molar-refractivity contribution in [1.82, 2.24) is 10.2 Å². The van der Waals surface area contributed by atoms with Crippen molar-refractivity contribution in [2.24, 2.45) is 5.92 Å². The summed E-state index contributed by atoms with van der Waals surface area (Å²) in [4.78, 5) is 2.81. The molecule has 0 aromatic heterocycles. The molecule has 0 amide bonds. The van der Waals surface area contributed by atoms with Crippen molar-refractivity contribution < 1.29 is 0 Å². The van der Waals surface area contributed by atoms with Crippen LogP contribution in [0.4, 0.5) is 0 Å². The smallest absolute Gasteiger partial charge is 0.0253 e. The summed E-state index contributed by atoms with van der Waals surface area (Å²) in [5.74, 6) is 0.945. The molecule has 1 heterocycles. The van der Waals surface area contributed by atoms with E-state index in [4.69, 9.17) is 0 Å². The molecule has 1 aliphatic heterocycles. The summed E-state index contributed by atoms with van der Waals surface area (Å²) in [6.07, 6.45) is 5.57. The first-order valence-electron chi connectivity index (χ1n) is 7.02. The standard InChI is InChI=1S/C14H28N2/c1-5-12-9-15-14(3,4)10-16(12)13-7-6-11(2)8-13/h11-13,15H,5-10H2,1-4H3. The lowest BCUT2D eigenvalue weighted by Gasteiger charge is -2.47. The first-order valence-corrected chi connectivity index (χ1v) is 7.02. The lowest BCUT2D eigenvalue weighted by Crippen LogP contribution is -2.63. The van der Waals surface area contributed by atoms with Gasteiger partial charge in [-0.3, -0.25) is 4.90 Å². The highest BCUT2D eigenvalue weighted by atomic mass is 15.3. The fraction of sp³-hybridized carbons (Fsp3) is 1.00. The summed E-state index contributed by atoms with van der Waals surface area (Å²) in [5, 5.41) is 3.68. The fourth-order valence-corrected chi connectivity index (χ4v) is 3.44. The van der Waals surface area contributed by atoms with E-state index >= 15 is 0 Å². The lowest BCUT2D eigenvalue weighted by atomic mass is 9.95. The Morgan fingerprint density at radius 1 is 1.31 bits per heavy atom. The van der Waals surface area contributed by atoms with Gasteiger partial charge in [0.15, 0.2) is 0 Å². The van der Waals surface area contributed by atoms with Crippen LogP contribution in [-0.2, 0) is 0 Å². The van der Waals surface area contributed by atoms with Gasteiger partial charge in [0.2, 0.25) is 0 Å². The molecule has 0 radical (unpaired) electrons. The van der Waals surface area contributed by atoms with Gasteiger partial charge in [-0.25, -0.2) is 0 Å². The van der Waals surface area contributed by atoms with Crippen LogP contribution in [0.1, 0.15) is 53.4 Å². The van der Waals surface area contributed by atoms with Gasteiger partial charge in [-0.15, -0.1) is 0 Å². The van der Waals surface area contributed by atoms with Gasteiger partial charge in [0, 0.05) is 30.7 Å². The third-order valence-electron chi connectivity index (χ3n) is 4.47. The Labute approximate surface area is 101 Å². The van der Waals surface area contributed by atoms with Crippen LogP contribution in [0.3, 0.4) is 0 Å². The van der Waals surface area contributed by atoms with Crippen LogP contribution in [0.5, 0.6) is 0 Å². The molecule has 0 bridgehead atoms. The maximum Gasteiger partial charge on any atom is 0.0253 e. The van der Waals surface area contributed by atoms with E-state index in [0.717, 1.165) is 18.0 Å². The summed E-state index contributed by atoms with van der Waals surface area (Å²) in [7, 11) is 0. The second-order valence-electron chi connectivity index (χ2n) is 6.57. The minimum Gasteiger partial charge on any atom is -0.309 e. The second-order valence-corrected chi connectivity index (χ2v) is 6.57. The van der Waals surface area contributed by atoms with Crippen molar-refractivity contribution in [2.45, 2.75) is 71.0 Å². The fourth-order valence-electron chi connectivity index (χ4n) is 3.44. The van der Waals surface area contributed by atoms with Gasteiger partial charge in [-0.05, 0) is 45.4 Å². The molecule has 1 aliphatic carbocycles. The monoisotopic (exact) mass is 224 g/mol. The normalized spacial score (nSPS) is 40.1. The number of nitrogens with zero attached hydrogens (tertiary/aromatic N) is 1. The maximum atomic E-state index is 3.68. The molecule has 1 saturated heterocycles. The van der Waals surface area contributed by atoms with Crippen LogP contribution >= 0.6 is 0 Å². The molecule has 0 aromatic rings. The van der Waals surface area contributed by atoms with Crippen molar-refractivity contribution in [3.63, 3.8) is 0 Å². The van der Waals surface area contributed by atoms with E-state index in [1.807, 2.05) is 0 Å². The number of piperazine rings is 1. The Kier molecular flexibility index (Phi) is 3.60. The second kappa shape index (κ2) is 4.66. The summed E-state index contributed by atoms with van der Waals surface area (Å²) in [6.45, 7) is 11.8. The van der Waals surface area contributed by atoms with Crippen LogP contribution in [0.2, 0.25) is 0 Å². The van der Waals surface area contributed by atoms with E-state index in [1.165, 1.54) is 38.8 Å². The Morgan fingerprint density at radius 3 is 2.62 bits per heavy atom. The molecule has 3 unspecified atom stereocenters. The van der Waals surface area contributed by atoms with Crippen LogP contribution in [0.25, 0.3) is 0 Å². The van der Waals surface area contributed by atoms with Gasteiger partial charge in [0.25, 0.3) is 0 Å². The zero-order valence-corrected chi connectivity index (χ0v) is 11.4. The van der Waals surface area contributed by atoms with Gasteiger partial charge >= 0.3 is 0 Å². The van der Waals surface area contributed by atoms with E-state index in [9.17, 15) is 0 Å². The van der Waals surface area contributed by atoms with E-state index in [0.29, 0.717) is 5.54 Å². The number of rotatable bonds is 2. The molecule has 16 heavy (non-hydrogen) atoms. The zero-order valence-electron chi connectivity index (χ0n) is 11.4. The lowest BCUT2D eigenvalue weighted by molar-refractivity contribution is 0.0528. The average molecular weight is 224 g/mol. The highest BCUT2D eigenvalue weighted by molar-refractivity contribution is 4.96. The molecule has 2 aliphatic rings. The average Bonchev–Trinajstić information content (AvgIpc) is 2.64. The van der Waals surface area contributed by atoms with E-state index in [2.05, 4.69) is 37.9 Å². The molecule has 2 rings (SSSR count). The first-order chi connectivity index (χ1) is 7.52. The van der Waals surface area contributed by atoms with Crippen LogP contribution < -0.4 is 5.32 Å². The number of nitrogens with one attached hydrogen (secondary N) is 1. The molecule has 2 heteroatoms. The maximum absolute atomic E-state index is 3.68. The minimum absolute atomic E-state index is 0.303. The van der Waals surface area contributed by atoms with E-state index in [1.54, 1.807) is 0 Å². The molecule has 1 saturated carbocycles. The molecular weight excluding hydrogens is 196 g/mol. The third kappa shape index (κ3) is 2.60. The van der Waals surface area contributed by atoms with E-state index in [-0.39, 0.29) is 0 Å². The van der Waals surface area contributed by atoms with Gasteiger partial charge < -0.3 is 5.32 Å². The molecule has 1 N–H and O–H groups in total. The number of hydrogen-bond donors (Lipinski definition) is 1. The Morgan fingerprint density at radius 2 is 2.06 bits per heavy atom. The first kappa shape index (κ1) is 12.4. The highest BCUT2D eigenvalue weighted by Crippen LogP contribution is 2.32. The Hall–Kier alpha value is -0.0800. The van der Waals surface area contributed by atoms with Crippen molar-refractivity contribution in [1.29, 1.82) is 0 Å². The molecular formula is C14H28N2. The summed E-state index contributed by atoms with van der Waals surface area (Å²) >= 11 is 0. The van der Waals surface area contributed by atoms with E-state index < -0.39 is 0 Å². The number of hydrogen-bond acceptors (Lipinski definition) is 2. The third-order valence-corrected chi connectivity index (χ3v) is 4.47. The summed E-state index contributed by atoms with van der Waals surface area (Å²) < 4.78 is 0. The van der Waals surface area contributed by atoms with Gasteiger partial charge in [-0.1, -0.05) is 13.8 Å². The van der Waals surface area contributed by atoms with Crippen molar-refractivity contribution in [2.75, 3.05) is 13.1 Å². The van der Waals surface area contributed by atoms with Crippen LogP contribution in [-0.4, -0.2) is 35.6 Å². The molecule has 0 spiro atoms. The van der Waals surface area contributed by atoms with Crippen LogP contribution in [0.15, 0.2) is 0 Å². The van der Waals surface area contributed by atoms with Crippen molar-refractivity contribution in [3.05, 3.63) is 0 Å². The van der Waals surface area contributed by atoms with Gasteiger partial charge in [0.05, 0.1) is 0 Å². The highest BCUT2D eigenvalue weighted by Gasteiger charge is 2.37. The quantitative estimate of drug-likeness (QED) is 0.776. The molecule has 2 nitrogen and oxygen atoms in total. The predicted octanol–water partition coefficient (Wildman–Crippen LogP) is 2.64. The predicted molar refractivity (Wildman–Crippen MR) is 69.7 cm³/mol. The molecule has 2 fully saturated rings. The van der Waals surface area contributed by atoms with Crippen molar-refractivity contribution >= 4 is 0 Å². The summed E-state index contributed by atoms with van der Waals surface area (Å²) in [5.41, 5.74) is 0.303. The molecule has 94 valence electrons. The SMILES string of the molecule is CCC1CNC(C)(C)CN1C1CCC(C)C1. The molecule has 0 aromatic carbocycles. The minimum atomic E-state index is 0.303. The van der Waals surface area contributed by atoms with Crippen molar-refractivity contribution in [3.8, 4) is 0 Å². The van der Waals surface area contributed by atoms with Gasteiger partial charge in [-0.2, -0.15) is 0 Å². The zero-order chi connectivity index (χ0) is 11.8. The topological polar surface area (TPSA) is 15.3 Å². The van der Waals surface area contributed by atoms with Crippen LogP contribution in [0, 0.1) is 5.92 Å². The Bertz CT molecular complexity index is 237. The van der Waals surface area contributed by atoms with Gasteiger partial charge in [0.1, 0.15) is 0 Å². The largest absolute Gasteiger partial charge is 0.309 e. The Balaban J connectivity index is 2.03. The summed E-state index contributed by atoms with van der Waals surface area (Å²) in [6, 6.07) is 1.63.